The van der Waals surface area contributed by atoms with E-state index in [0.717, 1.165) is 12.8 Å². The molecule has 2 bridgehead atoms. The summed E-state index contributed by atoms with van der Waals surface area (Å²) in [5, 5.41) is 13.1. The summed E-state index contributed by atoms with van der Waals surface area (Å²) in [6, 6.07) is 0. The average Bonchev–Trinajstić information content (AvgIpc) is 3.34. The van der Waals surface area contributed by atoms with Crippen molar-refractivity contribution in [1.29, 1.82) is 0 Å². The highest BCUT2D eigenvalue weighted by Gasteiger charge is 2.68. The van der Waals surface area contributed by atoms with Gasteiger partial charge in [-0.25, -0.2) is 19.9 Å². The van der Waals surface area contributed by atoms with Crippen molar-refractivity contribution in [3.8, 4) is 0 Å². The number of ether oxygens (including phenoxy) is 1. The van der Waals surface area contributed by atoms with E-state index >= 15 is 0 Å². The van der Waals surface area contributed by atoms with E-state index in [1.807, 2.05) is 26.2 Å². The van der Waals surface area contributed by atoms with Crippen LogP contribution in [0.15, 0.2) is 4.99 Å². The fourth-order valence-electron chi connectivity index (χ4n) is 8.23. The number of nitrogens with zero attached hydrogens (tertiary/aromatic N) is 3. The van der Waals surface area contributed by atoms with Crippen LogP contribution in [0, 0.1) is 45.1 Å². The number of amides is 2. The number of likely N-dealkylation sites (tertiary alicyclic amines) is 1. The number of nitrogens with two attached hydrogens (primary N) is 1. The van der Waals surface area contributed by atoms with Gasteiger partial charge in [-0.05, 0) is 95.8 Å². The molecule has 0 spiro atoms. The Kier molecular flexibility index (Phi) is 11.8. The van der Waals surface area contributed by atoms with Gasteiger partial charge >= 0.3 is 13.2 Å². The van der Waals surface area contributed by atoms with Gasteiger partial charge in [-0.2, -0.15) is 0 Å². The van der Waals surface area contributed by atoms with Crippen LogP contribution in [-0.2, 0) is 23.6 Å². The third kappa shape index (κ3) is 8.99. The molecule has 5 aliphatic rings. The number of carbonyl (C=O) groups is 3. The maximum absolute atomic E-state index is 14.0. The van der Waals surface area contributed by atoms with E-state index < -0.39 is 35.2 Å². The molecule has 4 N–H and O–H groups in total. The number of hydrogen-bond acceptors (Lipinski definition) is 9. The number of carbonyl (C=O) groups excluding carboxylic acids is 3. The molecule has 270 valence electrons. The number of aliphatic imine (C=N–C) groups is 1. The summed E-state index contributed by atoms with van der Waals surface area (Å²) < 4.78 is 18.8. The summed E-state index contributed by atoms with van der Waals surface area (Å²) in [6.45, 7) is 17.4. The fourth-order valence-corrected chi connectivity index (χ4v) is 8.23. The third-order valence-corrected chi connectivity index (χ3v) is 11.0. The summed E-state index contributed by atoms with van der Waals surface area (Å²) in [6.07, 6.45) is 4.07. The zero-order valence-corrected chi connectivity index (χ0v) is 30.1. The molecule has 6 atom stereocenters. The molecule has 2 amide bonds. The molecule has 0 aromatic rings. The van der Waals surface area contributed by atoms with Crippen LogP contribution >= 0.6 is 0 Å². The van der Waals surface area contributed by atoms with Gasteiger partial charge in [-0.15, -0.1) is 0 Å². The van der Waals surface area contributed by atoms with Crippen LogP contribution in [0.5, 0.6) is 0 Å². The molecule has 14 nitrogen and oxygen atoms in total. The highest BCUT2D eigenvalue weighted by molar-refractivity contribution is 6.47. The number of hydrazine groups is 1. The van der Waals surface area contributed by atoms with Crippen molar-refractivity contribution in [2.45, 2.75) is 130 Å². The fraction of sp³-hybridized carbons (Fsp3) is 0.879. The van der Waals surface area contributed by atoms with Crippen molar-refractivity contribution >= 4 is 30.9 Å². The number of rotatable bonds is 13. The number of piperidine rings is 1. The van der Waals surface area contributed by atoms with Gasteiger partial charge in [0.15, 0.2) is 5.03 Å². The molecule has 2 heterocycles. The number of guanidine groups is 1. The van der Waals surface area contributed by atoms with E-state index in [1.165, 1.54) is 0 Å². The Morgan fingerprint density at radius 2 is 1.83 bits per heavy atom. The molecule has 15 heteroatoms. The van der Waals surface area contributed by atoms with E-state index in [1.54, 1.807) is 4.90 Å². The van der Waals surface area contributed by atoms with Crippen molar-refractivity contribution in [3.63, 3.8) is 0 Å². The number of Topliss-reactive ketones (excluding diaryl/α,β-unsaturated/α-hetero) is 1. The van der Waals surface area contributed by atoms with Gasteiger partial charge in [0.25, 0.3) is 5.96 Å². The minimum atomic E-state index is -0.787. The Labute approximate surface area is 285 Å². The van der Waals surface area contributed by atoms with Gasteiger partial charge in [0.2, 0.25) is 5.91 Å². The van der Waals surface area contributed by atoms with Crippen LogP contribution in [0.4, 0.5) is 4.79 Å². The zero-order valence-electron chi connectivity index (χ0n) is 30.1. The first-order chi connectivity index (χ1) is 22.3. The maximum Gasteiger partial charge on any atom is 0.481 e. The third-order valence-electron chi connectivity index (χ3n) is 11.0. The SMILES string of the molecule is CC(C)C[C@H](NC(=O)[C@H](CCCN=C(N)N[N+](=O)[O-])CC(=O)C1CCN(C(=O)OC(C)(C)C)CC1)B1O[C@@H]2C[C@@H]3C[C@@H](C3(C)C)[C@]2(C)O1. The van der Waals surface area contributed by atoms with Crippen molar-refractivity contribution in [2.75, 3.05) is 19.6 Å². The Bertz CT molecular complexity index is 1230. The minimum Gasteiger partial charge on any atom is -0.444 e. The van der Waals surface area contributed by atoms with E-state index in [9.17, 15) is 24.5 Å². The molecule has 0 aromatic carbocycles. The molecule has 5 fully saturated rings. The molecule has 0 aromatic heterocycles. The molecular weight excluding hydrogens is 619 g/mol. The molecule has 3 saturated carbocycles. The first-order valence-corrected chi connectivity index (χ1v) is 17.6. The van der Waals surface area contributed by atoms with Crippen molar-refractivity contribution in [1.82, 2.24) is 15.6 Å². The maximum atomic E-state index is 14.0. The summed E-state index contributed by atoms with van der Waals surface area (Å²) in [7, 11) is -0.590. The molecule has 5 rings (SSSR count). The van der Waals surface area contributed by atoms with Crippen LogP contribution in [0.25, 0.3) is 0 Å². The number of nitro groups is 1. The van der Waals surface area contributed by atoms with E-state index in [-0.39, 0.29) is 60.1 Å². The van der Waals surface area contributed by atoms with Gasteiger partial charge < -0.3 is 30.0 Å². The van der Waals surface area contributed by atoms with Crippen molar-refractivity contribution < 1.29 is 33.5 Å². The minimum absolute atomic E-state index is 0.0219. The summed E-state index contributed by atoms with van der Waals surface area (Å²) in [5.74, 6) is -0.674. The topological polar surface area (TPSA) is 188 Å². The van der Waals surface area contributed by atoms with Crippen LogP contribution in [0.1, 0.15) is 107 Å². The number of ketones is 1. The highest BCUT2D eigenvalue weighted by atomic mass is 16.7. The van der Waals surface area contributed by atoms with Gasteiger partial charge in [0, 0.05) is 37.9 Å². The lowest BCUT2D eigenvalue weighted by atomic mass is 9.43. The van der Waals surface area contributed by atoms with Crippen LogP contribution in [0.3, 0.4) is 0 Å². The molecule has 3 aliphatic carbocycles. The highest BCUT2D eigenvalue weighted by Crippen LogP contribution is 2.65. The standard InChI is InChI=1S/C33H57BN6O8/c1-20(2)16-27(34-47-26-19-23-18-25(32(23,6)7)33(26,8)48-34)37-28(42)22(10-9-13-36-29(35)38-40(44)45)17-24(41)21-11-14-39(15-12-21)30(43)46-31(3,4)5/h20-23,25-27H,9-19H2,1-8H3,(H,37,42)(H3,35,36,38)/t22-,23+,25+,26-,27+,33+/m1/s1. The molecule has 0 unspecified atom stereocenters. The lowest BCUT2D eigenvalue weighted by Gasteiger charge is -2.64. The number of hydrogen-bond donors (Lipinski definition) is 3. The zero-order chi connectivity index (χ0) is 35.6. The Hall–Kier alpha value is -2.94. The second kappa shape index (κ2) is 14.9. The largest absolute Gasteiger partial charge is 0.481 e. The first kappa shape index (κ1) is 37.9. The van der Waals surface area contributed by atoms with Gasteiger partial charge in [-0.3, -0.25) is 9.59 Å². The molecule has 0 radical (unpaired) electrons. The monoisotopic (exact) mass is 676 g/mol. The lowest BCUT2D eigenvalue weighted by molar-refractivity contribution is -0.525. The van der Waals surface area contributed by atoms with Crippen molar-refractivity contribution in [3.05, 3.63) is 10.1 Å². The van der Waals surface area contributed by atoms with E-state index in [2.05, 4.69) is 44.9 Å². The summed E-state index contributed by atoms with van der Waals surface area (Å²) in [5.41, 5.74) is 6.55. The Morgan fingerprint density at radius 3 is 2.42 bits per heavy atom. The van der Waals surface area contributed by atoms with Gasteiger partial charge in [0.05, 0.1) is 17.6 Å². The predicted octanol–water partition coefficient (Wildman–Crippen LogP) is 3.88. The molecule has 2 aliphatic heterocycles. The second-order valence-corrected chi connectivity index (χ2v) is 16.5. The van der Waals surface area contributed by atoms with Crippen LogP contribution in [-0.4, -0.2) is 83.7 Å². The van der Waals surface area contributed by atoms with E-state index in [0.29, 0.717) is 57.0 Å². The van der Waals surface area contributed by atoms with Crippen molar-refractivity contribution in [2.24, 2.45) is 45.7 Å². The Balaban J connectivity index is 1.42. The predicted molar refractivity (Wildman–Crippen MR) is 181 cm³/mol. The summed E-state index contributed by atoms with van der Waals surface area (Å²) in [4.78, 5) is 56.5. The second-order valence-electron chi connectivity index (χ2n) is 16.5. The smallest absolute Gasteiger partial charge is 0.444 e. The summed E-state index contributed by atoms with van der Waals surface area (Å²) >= 11 is 0. The quantitative estimate of drug-likeness (QED) is 0.0645. The van der Waals surface area contributed by atoms with Gasteiger partial charge in [0.1, 0.15) is 11.4 Å². The Morgan fingerprint density at radius 1 is 1.17 bits per heavy atom. The molecule has 48 heavy (non-hydrogen) atoms. The molecule has 2 saturated heterocycles. The number of nitrogens with one attached hydrogen (secondary N) is 2. The van der Waals surface area contributed by atoms with Crippen LogP contribution in [0.2, 0.25) is 0 Å². The van der Waals surface area contributed by atoms with Gasteiger partial charge in [-0.1, -0.05) is 33.1 Å². The lowest BCUT2D eigenvalue weighted by Crippen LogP contribution is -2.65. The average molecular weight is 677 g/mol. The first-order valence-electron chi connectivity index (χ1n) is 17.6. The molecular formula is C33H57BN6O8. The van der Waals surface area contributed by atoms with E-state index in [4.69, 9.17) is 19.8 Å². The normalized spacial score (nSPS) is 28.3. The van der Waals surface area contributed by atoms with Crippen LogP contribution < -0.4 is 16.5 Å².